The molecule has 0 fully saturated rings. The highest BCUT2D eigenvalue weighted by Crippen LogP contribution is 2.22. The van der Waals surface area contributed by atoms with Gasteiger partial charge in [-0.15, -0.1) is 0 Å². The van der Waals surface area contributed by atoms with Crippen molar-refractivity contribution in [2.45, 2.75) is 0 Å². The number of hydrogen-bond donors (Lipinski definition) is 4. The molecule has 0 atom stereocenters. The highest BCUT2D eigenvalue weighted by atomic mass is 16.4. The number of carbonyl (C=O) groups is 4. The average Bonchev–Trinajstić information content (AvgIpc) is 2.58. The van der Waals surface area contributed by atoms with E-state index in [4.69, 9.17) is 10.2 Å². The van der Waals surface area contributed by atoms with E-state index in [0.717, 1.165) is 18.2 Å². The maximum atomic E-state index is 11.4. The fourth-order valence-corrected chi connectivity index (χ4v) is 2.32. The molecule has 0 radical (unpaired) electrons. The summed E-state index contributed by atoms with van der Waals surface area (Å²) in [4.78, 5) is 45.2. The topological polar surface area (TPSA) is 149 Å². The van der Waals surface area contributed by atoms with Gasteiger partial charge in [-0.05, 0) is 23.8 Å². The van der Waals surface area contributed by atoms with Crippen molar-refractivity contribution in [3.63, 3.8) is 0 Å². The van der Waals surface area contributed by atoms with Gasteiger partial charge in [-0.1, -0.05) is 30.4 Å². The molecule has 0 saturated carbocycles. The Labute approximate surface area is 146 Å². The zero-order valence-electron chi connectivity index (χ0n) is 13.0. The summed E-state index contributed by atoms with van der Waals surface area (Å²) in [7, 11) is 0. The molecular weight excluding hydrogens is 344 g/mol. The predicted octanol–water partition coefficient (Wildman–Crippen LogP) is 2.65. The van der Waals surface area contributed by atoms with Gasteiger partial charge in [0.25, 0.3) is 0 Å². The standard InChI is InChI=1S/C18H12O8/c19-15(20)10-7-13(17(23)24)12(14(8-10)18(25)26)6-5-9-3-1-2-4-11(9)16(21)22/h1-8H,(H,19,20)(H,21,22)(H,23,24)(H,25,26)/b6-5-. The van der Waals surface area contributed by atoms with Gasteiger partial charge in [0.15, 0.2) is 0 Å². The van der Waals surface area contributed by atoms with Crippen molar-refractivity contribution >= 4 is 36.0 Å². The van der Waals surface area contributed by atoms with E-state index in [1.54, 1.807) is 6.07 Å². The monoisotopic (exact) mass is 356 g/mol. The predicted molar refractivity (Wildman–Crippen MR) is 89.6 cm³/mol. The van der Waals surface area contributed by atoms with Crippen molar-refractivity contribution in [1.82, 2.24) is 0 Å². The van der Waals surface area contributed by atoms with Crippen LogP contribution in [0.4, 0.5) is 0 Å². The highest BCUT2D eigenvalue weighted by Gasteiger charge is 2.21. The van der Waals surface area contributed by atoms with Crippen LogP contribution < -0.4 is 0 Å². The summed E-state index contributed by atoms with van der Waals surface area (Å²) in [5.41, 5.74) is -1.59. The Kier molecular flexibility index (Phi) is 5.17. The van der Waals surface area contributed by atoms with E-state index in [9.17, 15) is 29.4 Å². The van der Waals surface area contributed by atoms with Crippen LogP contribution in [0.15, 0.2) is 36.4 Å². The zero-order valence-corrected chi connectivity index (χ0v) is 13.0. The molecule has 0 heterocycles. The number of hydrogen-bond acceptors (Lipinski definition) is 4. The Balaban J connectivity index is 2.69. The lowest BCUT2D eigenvalue weighted by Crippen LogP contribution is -2.11. The van der Waals surface area contributed by atoms with Gasteiger partial charge in [0.05, 0.1) is 22.3 Å². The third-order valence-electron chi connectivity index (χ3n) is 3.51. The largest absolute Gasteiger partial charge is 0.478 e. The number of rotatable bonds is 6. The number of aromatic carboxylic acids is 4. The minimum Gasteiger partial charge on any atom is -0.478 e. The minimum absolute atomic E-state index is 0.0559. The van der Waals surface area contributed by atoms with Crippen LogP contribution in [0, 0.1) is 0 Å². The van der Waals surface area contributed by atoms with Gasteiger partial charge < -0.3 is 20.4 Å². The van der Waals surface area contributed by atoms with E-state index >= 15 is 0 Å². The molecule has 8 heteroatoms. The van der Waals surface area contributed by atoms with Gasteiger partial charge in [-0.2, -0.15) is 0 Å². The summed E-state index contributed by atoms with van der Waals surface area (Å²) in [5, 5.41) is 36.8. The Morgan fingerprint density at radius 3 is 1.62 bits per heavy atom. The molecule has 132 valence electrons. The van der Waals surface area contributed by atoms with Crippen LogP contribution >= 0.6 is 0 Å². The average molecular weight is 356 g/mol. The van der Waals surface area contributed by atoms with Crippen molar-refractivity contribution in [2.75, 3.05) is 0 Å². The first-order chi connectivity index (χ1) is 12.2. The Hall–Kier alpha value is -3.94. The highest BCUT2D eigenvalue weighted by molar-refractivity contribution is 6.05. The van der Waals surface area contributed by atoms with Crippen LogP contribution in [0.1, 0.15) is 52.6 Å². The van der Waals surface area contributed by atoms with Crippen LogP contribution in [0.3, 0.4) is 0 Å². The van der Waals surface area contributed by atoms with Crippen LogP contribution in [-0.4, -0.2) is 44.3 Å². The van der Waals surface area contributed by atoms with E-state index in [0.29, 0.717) is 0 Å². The van der Waals surface area contributed by atoms with Crippen molar-refractivity contribution in [2.24, 2.45) is 0 Å². The van der Waals surface area contributed by atoms with Gasteiger partial charge in [0, 0.05) is 5.56 Å². The lowest BCUT2D eigenvalue weighted by molar-refractivity contribution is 0.0678. The first-order valence-corrected chi connectivity index (χ1v) is 7.10. The third kappa shape index (κ3) is 3.75. The molecule has 0 unspecified atom stereocenters. The molecule has 2 rings (SSSR count). The molecule has 0 amide bonds. The lowest BCUT2D eigenvalue weighted by Gasteiger charge is -2.08. The van der Waals surface area contributed by atoms with Gasteiger partial charge in [-0.25, -0.2) is 19.2 Å². The summed E-state index contributed by atoms with van der Waals surface area (Å²) >= 11 is 0. The first kappa shape index (κ1) is 18.4. The molecule has 0 aromatic heterocycles. The Morgan fingerprint density at radius 2 is 1.15 bits per heavy atom. The molecule has 4 N–H and O–H groups in total. The van der Waals surface area contributed by atoms with E-state index in [1.807, 2.05) is 0 Å². The normalized spacial score (nSPS) is 10.6. The minimum atomic E-state index is -1.51. The first-order valence-electron chi connectivity index (χ1n) is 7.10. The summed E-state index contributed by atoms with van der Waals surface area (Å²) in [6.07, 6.45) is 2.40. The van der Waals surface area contributed by atoms with E-state index < -0.39 is 40.6 Å². The molecule has 8 nitrogen and oxygen atoms in total. The number of carboxylic acid groups (broad SMARTS) is 4. The van der Waals surface area contributed by atoms with E-state index in [2.05, 4.69) is 0 Å². The Bertz CT molecular complexity index is 920. The lowest BCUT2D eigenvalue weighted by atomic mass is 9.96. The van der Waals surface area contributed by atoms with Crippen molar-refractivity contribution in [3.05, 3.63) is 69.8 Å². The Morgan fingerprint density at radius 1 is 0.654 bits per heavy atom. The van der Waals surface area contributed by atoms with Crippen molar-refractivity contribution < 1.29 is 39.6 Å². The number of benzene rings is 2. The fourth-order valence-electron chi connectivity index (χ4n) is 2.32. The summed E-state index contributed by atoms with van der Waals surface area (Å²) < 4.78 is 0. The molecule has 2 aromatic carbocycles. The molecular formula is C18H12O8. The van der Waals surface area contributed by atoms with Gasteiger partial charge in [0.2, 0.25) is 0 Å². The van der Waals surface area contributed by atoms with Gasteiger partial charge in [0.1, 0.15) is 0 Å². The molecule has 0 saturated heterocycles. The zero-order chi connectivity index (χ0) is 19.4. The second-order valence-corrected chi connectivity index (χ2v) is 5.13. The maximum Gasteiger partial charge on any atom is 0.336 e. The third-order valence-corrected chi connectivity index (χ3v) is 3.51. The van der Waals surface area contributed by atoms with Crippen LogP contribution in [0.25, 0.3) is 12.2 Å². The summed E-state index contributed by atoms with van der Waals surface area (Å²) in [5.74, 6) is -5.70. The SMILES string of the molecule is O=C(O)c1cc(C(=O)O)c(/C=C\c2ccccc2C(=O)O)c(C(=O)O)c1. The molecule has 0 aliphatic carbocycles. The quantitative estimate of drug-likeness (QED) is 0.577. The van der Waals surface area contributed by atoms with Crippen LogP contribution in [0.2, 0.25) is 0 Å². The molecule has 0 aliphatic heterocycles. The van der Waals surface area contributed by atoms with Crippen LogP contribution in [-0.2, 0) is 0 Å². The van der Waals surface area contributed by atoms with Crippen LogP contribution in [0.5, 0.6) is 0 Å². The molecule has 0 spiro atoms. The summed E-state index contributed by atoms with van der Waals surface area (Å²) in [6.45, 7) is 0. The van der Waals surface area contributed by atoms with Crippen molar-refractivity contribution in [1.29, 1.82) is 0 Å². The smallest absolute Gasteiger partial charge is 0.336 e. The fraction of sp³-hybridized carbons (Fsp3) is 0. The second kappa shape index (κ2) is 7.31. The molecule has 26 heavy (non-hydrogen) atoms. The van der Waals surface area contributed by atoms with E-state index in [1.165, 1.54) is 24.3 Å². The van der Waals surface area contributed by atoms with Gasteiger partial charge >= 0.3 is 23.9 Å². The molecule has 0 bridgehead atoms. The van der Waals surface area contributed by atoms with Crippen molar-refractivity contribution in [3.8, 4) is 0 Å². The van der Waals surface area contributed by atoms with E-state index in [-0.39, 0.29) is 16.7 Å². The number of carboxylic acids is 4. The van der Waals surface area contributed by atoms with Gasteiger partial charge in [-0.3, -0.25) is 0 Å². The molecule has 0 aliphatic rings. The second-order valence-electron chi connectivity index (χ2n) is 5.13. The maximum absolute atomic E-state index is 11.4. The summed E-state index contributed by atoms with van der Waals surface area (Å²) in [6, 6.07) is 7.57. The molecule has 2 aromatic rings.